The van der Waals surface area contributed by atoms with Crippen LogP contribution in [-0.2, 0) is 6.54 Å². The lowest BCUT2D eigenvalue weighted by atomic mass is 10.1. The van der Waals surface area contributed by atoms with E-state index in [1.54, 1.807) is 4.68 Å². The summed E-state index contributed by atoms with van der Waals surface area (Å²) in [6, 6.07) is 1.85. The number of rotatable bonds is 5. The Hall–Kier alpha value is -1.40. The van der Waals surface area contributed by atoms with E-state index in [0.29, 0.717) is 31.2 Å². The first-order chi connectivity index (χ1) is 9.52. The Kier molecular flexibility index (Phi) is 4.77. The van der Waals surface area contributed by atoms with Crippen LogP contribution < -0.4 is 10.6 Å². The highest BCUT2D eigenvalue weighted by molar-refractivity contribution is 5.92. The fourth-order valence-electron chi connectivity index (χ4n) is 2.38. The number of aliphatic hydroxyl groups excluding tert-OH is 1. The molecule has 1 aromatic heterocycles. The quantitative estimate of drug-likeness (QED) is 0.726. The van der Waals surface area contributed by atoms with E-state index in [2.05, 4.69) is 29.6 Å². The van der Waals surface area contributed by atoms with Gasteiger partial charge in [-0.25, -0.2) is 0 Å². The Labute approximate surface area is 119 Å². The van der Waals surface area contributed by atoms with Gasteiger partial charge < -0.3 is 15.7 Å². The summed E-state index contributed by atoms with van der Waals surface area (Å²) >= 11 is 0. The molecule has 6 nitrogen and oxygen atoms in total. The molecule has 2 rings (SSSR count). The van der Waals surface area contributed by atoms with Crippen molar-refractivity contribution in [2.24, 2.45) is 5.92 Å². The van der Waals surface area contributed by atoms with Gasteiger partial charge in [-0.2, -0.15) is 5.10 Å². The molecule has 2 heterocycles. The fourth-order valence-corrected chi connectivity index (χ4v) is 2.38. The average molecular weight is 280 g/mol. The van der Waals surface area contributed by atoms with Crippen molar-refractivity contribution >= 4 is 5.91 Å². The monoisotopic (exact) mass is 280 g/mol. The summed E-state index contributed by atoms with van der Waals surface area (Å²) < 4.78 is 1.73. The molecule has 1 aliphatic heterocycles. The van der Waals surface area contributed by atoms with Crippen LogP contribution >= 0.6 is 0 Å². The largest absolute Gasteiger partial charge is 0.391 e. The number of aromatic nitrogens is 2. The Morgan fingerprint density at radius 1 is 1.60 bits per heavy atom. The van der Waals surface area contributed by atoms with E-state index in [1.807, 2.05) is 13.0 Å². The van der Waals surface area contributed by atoms with Gasteiger partial charge in [-0.15, -0.1) is 0 Å². The van der Waals surface area contributed by atoms with Crippen molar-refractivity contribution < 1.29 is 9.90 Å². The normalized spacial score (nSPS) is 22.4. The highest BCUT2D eigenvalue weighted by Crippen LogP contribution is 2.15. The van der Waals surface area contributed by atoms with Crippen LogP contribution in [0.4, 0.5) is 0 Å². The van der Waals surface area contributed by atoms with E-state index < -0.39 is 0 Å². The molecule has 0 radical (unpaired) electrons. The summed E-state index contributed by atoms with van der Waals surface area (Å²) in [5, 5.41) is 20.2. The van der Waals surface area contributed by atoms with Crippen LogP contribution in [0.1, 0.15) is 42.9 Å². The predicted molar refractivity (Wildman–Crippen MR) is 76.7 cm³/mol. The zero-order valence-corrected chi connectivity index (χ0v) is 12.4. The molecule has 20 heavy (non-hydrogen) atoms. The van der Waals surface area contributed by atoms with Crippen molar-refractivity contribution in [3.63, 3.8) is 0 Å². The number of hydrogen-bond donors (Lipinski definition) is 3. The number of aryl methyl sites for hydroxylation is 1. The Balaban J connectivity index is 2.01. The molecule has 0 bridgehead atoms. The molecule has 1 aliphatic rings. The molecule has 6 heteroatoms. The number of aliphatic hydroxyl groups is 1. The lowest BCUT2D eigenvalue weighted by Crippen LogP contribution is -2.35. The molecule has 3 N–H and O–H groups in total. The minimum atomic E-state index is -0.377. The van der Waals surface area contributed by atoms with Crippen LogP contribution in [-0.4, -0.2) is 46.5 Å². The van der Waals surface area contributed by atoms with Crippen LogP contribution in [0.15, 0.2) is 6.07 Å². The summed E-state index contributed by atoms with van der Waals surface area (Å²) in [5.74, 6) is 0.266. The minimum absolute atomic E-state index is 0.0847. The molecule has 0 spiro atoms. The number of β-amino-alcohol motifs (C(OH)–C–C–N with tert-alkyl or cyclic N) is 1. The summed E-state index contributed by atoms with van der Waals surface area (Å²) in [4.78, 5) is 12.2. The zero-order chi connectivity index (χ0) is 14.7. The van der Waals surface area contributed by atoms with E-state index >= 15 is 0 Å². The van der Waals surface area contributed by atoms with Gasteiger partial charge in [0, 0.05) is 32.1 Å². The third-order valence-electron chi connectivity index (χ3n) is 3.75. The maximum absolute atomic E-state index is 12.2. The first kappa shape index (κ1) is 15.0. The third kappa shape index (κ3) is 3.19. The van der Waals surface area contributed by atoms with Crippen LogP contribution in [0, 0.1) is 5.92 Å². The third-order valence-corrected chi connectivity index (χ3v) is 3.75. The molecular weight excluding hydrogens is 256 g/mol. The van der Waals surface area contributed by atoms with Crippen molar-refractivity contribution in [2.75, 3.05) is 19.6 Å². The summed E-state index contributed by atoms with van der Waals surface area (Å²) in [6.45, 7) is 8.59. The van der Waals surface area contributed by atoms with E-state index in [-0.39, 0.29) is 17.9 Å². The van der Waals surface area contributed by atoms with Crippen molar-refractivity contribution in [3.8, 4) is 0 Å². The van der Waals surface area contributed by atoms with Crippen molar-refractivity contribution in [1.82, 2.24) is 20.4 Å². The molecule has 1 saturated heterocycles. The molecule has 2 unspecified atom stereocenters. The van der Waals surface area contributed by atoms with Gasteiger partial charge in [0.2, 0.25) is 0 Å². The topological polar surface area (TPSA) is 79.2 Å². The van der Waals surface area contributed by atoms with Crippen LogP contribution in [0.2, 0.25) is 0 Å². The van der Waals surface area contributed by atoms with Crippen LogP contribution in [0.25, 0.3) is 0 Å². The van der Waals surface area contributed by atoms with Gasteiger partial charge in [0.15, 0.2) is 0 Å². The Morgan fingerprint density at radius 2 is 2.35 bits per heavy atom. The highest BCUT2D eigenvalue weighted by Gasteiger charge is 2.25. The van der Waals surface area contributed by atoms with Gasteiger partial charge in [-0.3, -0.25) is 9.48 Å². The number of hydrogen-bond acceptors (Lipinski definition) is 4. The van der Waals surface area contributed by atoms with Crippen molar-refractivity contribution in [1.29, 1.82) is 0 Å². The molecule has 2 atom stereocenters. The maximum Gasteiger partial charge on any atom is 0.269 e. The number of carbonyl (C=O) groups excluding carboxylic acids is 1. The molecule has 0 aromatic carbocycles. The van der Waals surface area contributed by atoms with Crippen molar-refractivity contribution in [2.45, 2.75) is 39.3 Å². The van der Waals surface area contributed by atoms with E-state index in [4.69, 9.17) is 0 Å². The number of nitrogens with zero attached hydrogens (tertiary/aromatic N) is 2. The second-order valence-electron chi connectivity index (χ2n) is 5.62. The first-order valence-corrected chi connectivity index (χ1v) is 7.27. The molecule has 0 saturated carbocycles. The van der Waals surface area contributed by atoms with E-state index in [0.717, 1.165) is 12.2 Å². The first-order valence-electron chi connectivity index (χ1n) is 7.27. The standard InChI is InChI=1S/C14H24N4O2/c1-4-18-12(5-11(17-18)9(2)3)14(20)16-7-10-6-15-8-13(10)19/h5,9-10,13,15,19H,4,6-8H2,1-3H3,(H,16,20). The fraction of sp³-hybridized carbons (Fsp3) is 0.714. The molecule has 112 valence electrons. The molecule has 1 fully saturated rings. The number of amides is 1. The lowest BCUT2D eigenvalue weighted by Gasteiger charge is -2.14. The smallest absolute Gasteiger partial charge is 0.269 e. The maximum atomic E-state index is 12.2. The summed E-state index contributed by atoms with van der Waals surface area (Å²) in [5.41, 5.74) is 1.52. The summed E-state index contributed by atoms with van der Waals surface area (Å²) in [6.07, 6.45) is -0.377. The average Bonchev–Trinajstić information content (AvgIpc) is 3.02. The molecule has 1 aromatic rings. The van der Waals surface area contributed by atoms with Crippen LogP contribution in [0.3, 0.4) is 0 Å². The van der Waals surface area contributed by atoms with Gasteiger partial charge in [-0.05, 0) is 18.9 Å². The molecule has 0 aliphatic carbocycles. The van der Waals surface area contributed by atoms with Crippen molar-refractivity contribution in [3.05, 3.63) is 17.5 Å². The highest BCUT2D eigenvalue weighted by atomic mass is 16.3. The number of nitrogens with one attached hydrogen (secondary N) is 2. The van der Waals surface area contributed by atoms with Gasteiger partial charge in [-0.1, -0.05) is 13.8 Å². The van der Waals surface area contributed by atoms with Gasteiger partial charge in [0.1, 0.15) is 5.69 Å². The minimum Gasteiger partial charge on any atom is -0.391 e. The SMILES string of the molecule is CCn1nc(C(C)C)cc1C(=O)NCC1CNCC1O. The Morgan fingerprint density at radius 3 is 2.90 bits per heavy atom. The van der Waals surface area contributed by atoms with Gasteiger partial charge >= 0.3 is 0 Å². The second-order valence-corrected chi connectivity index (χ2v) is 5.62. The second kappa shape index (κ2) is 6.37. The molecular formula is C14H24N4O2. The Bertz CT molecular complexity index is 470. The van der Waals surface area contributed by atoms with E-state index in [1.165, 1.54) is 0 Å². The van der Waals surface area contributed by atoms with E-state index in [9.17, 15) is 9.90 Å². The van der Waals surface area contributed by atoms with Crippen LogP contribution in [0.5, 0.6) is 0 Å². The zero-order valence-electron chi connectivity index (χ0n) is 12.4. The summed E-state index contributed by atoms with van der Waals surface area (Å²) in [7, 11) is 0. The van der Waals surface area contributed by atoms with Gasteiger partial charge in [0.25, 0.3) is 5.91 Å². The predicted octanol–water partition coefficient (Wildman–Crippen LogP) is 0.337. The molecule has 1 amide bonds. The van der Waals surface area contributed by atoms with Gasteiger partial charge in [0.05, 0.1) is 11.8 Å². The number of carbonyl (C=O) groups is 1. The lowest BCUT2D eigenvalue weighted by molar-refractivity contribution is 0.0916.